The van der Waals surface area contributed by atoms with E-state index in [-0.39, 0.29) is 44.3 Å². The molecule has 3 amide bonds. The van der Waals surface area contributed by atoms with E-state index in [0.29, 0.717) is 23.4 Å². The molecular formula is C40H46N7O9+. The zero-order chi connectivity index (χ0) is 40.6. The van der Waals surface area contributed by atoms with Crippen LogP contribution in [0.5, 0.6) is 0 Å². The molecule has 294 valence electrons. The number of aliphatic hydroxyl groups excluding tert-OH is 1. The Morgan fingerprint density at radius 2 is 1.64 bits per heavy atom. The second kappa shape index (κ2) is 17.9. The number of alkyl carbamates (subject to hydrolysis) is 1. The maximum absolute atomic E-state index is 14.4. The fraction of sp³-hybridized carbons (Fsp3) is 0.325. The summed E-state index contributed by atoms with van der Waals surface area (Å²) >= 11 is 0. The summed E-state index contributed by atoms with van der Waals surface area (Å²) in [5.41, 5.74) is 6.42. The van der Waals surface area contributed by atoms with Crippen LogP contribution in [0, 0.1) is 26.1 Å². The Kier molecular flexibility index (Phi) is 13.1. The van der Waals surface area contributed by atoms with E-state index in [1.165, 1.54) is 19.2 Å². The number of quaternary nitrogens is 1. The molecule has 0 saturated carbocycles. The molecule has 0 spiro atoms. The third kappa shape index (κ3) is 9.52. The van der Waals surface area contributed by atoms with Gasteiger partial charge in [0.2, 0.25) is 11.6 Å². The number of nitrogens with zero attached hydrogens (tertiary/aromatic N) is 4. The van der Waals surface area contributed by atoms with Crippen LogP contribution in [0.25, 0.3) is 10.8 Å². The number of nitro benzene ring substituents is 2. The van der Waals surface area contributed by atoms with E-state index in [2.05, 4.69) is 10.6 Å². The van der Waals surface area contributed by atoms with Gasteiger partial charge in [-0.25, -0.2) is 9.59 Å². The summed E-state index contributed by atoms with van der Waals surface area (Å²) in [4.78, 5) is 66.0. The molecule has 4 atom stereocenters. The Morgan fingerprint density at radius 3 is 2.32 bits per heavy atom. The SMILES string of the molecule is CC(C)C[C@@H](O)CCNC(=O)[C@H](CC1=C[N+](C(=O)[C@H](C)N)(c2ccc([N+](=O)[O-])cc2[N+](=O)[O-])CN1c1cccc2ccccc12)NC(=O)OCc1ccccc1. The van der Waals surface area contributed by atoms with Crippen molar-refractivity contribution < 1.29 is 34.1 Å². The molecule has 1 heterocycles. The van der Waals surface area contributed by atoms with Gasteiger partial charge in [-0.15, -0.1) is 0 Å². The number of carbonyl (C=O) groups excluding carboxylic acids is 3. The highest BCUT2D eigenvalue weighted by molar-refractivity contribution is 6.00. The Hall–Kier alpha value is -6.23. The molecule has 1 aliphatic heterocycles. The van der Waals surface area contributed by atoms with E-state index in [0.717, 1.165) is 22.9 Å². The van der Waals surface area contributed by atoms with Crippen molar-refractivity contribution in [2.75, 3.05) is 18.1 Å². The molecule has 4 aromatic carbocycles. The highest BCUT2D eigenvalue weighted by Gasteiger charge is 2.52. The summed E-state index contributed by atoms with van der Waals surface area (Å²) in [7, 11) is 0. The van der Waals surface area contributed by atoms with Gasteiger partial charge in [0.1, 0.15) is 31.0 Å². The largest absolute Gasteiger partial charge is 0.445 e. The summed E-state index contributed by atoms with van der Waals surface area (Å²) in [5.74, 6) is -1.05. The van der Waals surface area contributed by atoms with Crippen LogP contribution in [-0.2, 0) is 20.9 Å². The van der Waals surface area contributed by atoms with Gasteiger partial charge >= 0.3 is 17.7 Å². The van der Waals surface area contributed by atoms with E-state index >= 15 is 0 Å². The van der Waals surface area contributed by atoms with E-state index in [4.69, 9.17) is 10.5 Å². The molecule has 16 nitrogen and oxygen atoms in total. The van der Waals surface area contributed by atoms with Crippen LogP contribution in [-0.4, -0.2) is 64.3 Å². The molecule has 0 aliphatic carbocycles. The number of nitro groups is 2. The first-order valence-corrected chi connectivity index (χ1v) is 18.2. The van der Waals surface area contributed by atoms with Crippen molar-refractivity contribution in [2.45, 2.75) is 64.8 Å². The summed E-state index contributed by atoms with van der Waals surface area (Å²) in [5, 5.41) is 41.7. The maximum Gasteiger partial charge on any atom is 0.408 e. The third-order valence-electron chi connectivity index (χ3n) is 9.47. The number of carbonyl (C=O) groups is 3. The average molecular weight is 769 g/mol. The molecule has 5 N–H and O–H groups in total. The first kappa shape index (κ1) is 40.9. The first-order chi connectivity index (χ1) is 26.7. The van der Waals surface area contributed by atoms with Crippen LogP contribution < -0.4 is 25.8 Å². The zero-order valence-corrected chi connectivity index (χ0v) is 31.4. The number of hydrogen-bond donors (Lipinski definition) is 4. The summed E-state index contributed by atoms with van der Waals surface area (Å²) in [6.07, 6.45) is 0.423. The molecule has 56 heavy (non-hydrogen) atoms. The Bertz CT molecular complexity index is 2120. The fourth-order valence-electron chi connectivity index (χ4n) is 6.86. The van der Waals surface area contributed by atoms with Crippen molar-refractivity contribution >= 4 is 51.4 Å². The van der Waals surface area contributed by atoms with Crippen LogP contribution in [0.1, 0.15) is 45.6 Å². The smallest absolute Gasteiger partial charge is 0.408 e. The Labute approximate surface area is 323 Å². The summed E-state index contributed by atoms with van der Waals surface area (Å²) < 4.78 is 4.61. The molecule has 4 aromatic rings. The van der Waals surface area contributed by atoms with Gasteiger partial charge in [-0.3, -0.25) is 29.9 Å². The Morgan fingerprint density at radius 1 is 0.946 bits per heavy atom. The van der Waals surface area contributed by atoms with Crippen molar-refractivity contribution in [3.63, 3.8) is 0 Å². The van der Waals surface area contributed by atoms with E-state index in [9.17, 15) is 39.7 Å². The van der Waals surface area contributed by atoms with Crippen LogP contribution in [0.4, 0.5) is 27.5 Å². The molecular weight excluding hydrogens is 722 g/mol. The number of benzene rings is 4. The molecule has 0 fully saturated rings. The number of fused-ring (bicyclic) bond motifs is 1. The Balaban J connectivity index is 1.62. The van der Waals surface area contributed by atoms with Gasteiger partial charge in [0.25, 0.3) is 5.69 Å². The van der Waals surface area contributed by atoms with Gasteiger partial charge < -0.3 is 26.2 Å². The van der Waals surface area contributed by atoms with Crippen molar-refractivity contribution in [3.05, 3.63) is 129 Å². The van der Waals surface area contributed by atoms with Gasteiger partial charge in [0, 0.05) is 30.5 Å². The molecule has 0 aromatic heterocycles. The van der Waals surface area contributed by atoms with E-state index < -0.39 is 61.8 Å². The molecule has 0 radical (unpaired) electrons. The highest BCUT2D eigenvalue weighted by Crippen LogP contribution is 2.44. The lowest BCUT2D eigenvalue weighted by Gasteiger charge is -2.31. The number of rotatable bonds is 16. The lowest BCUT2D eigenvalue weighted by molar-refractivity contribution is -0.394. The molecule has 1 aliphatic rings. The van der Waals surface area contributed by atoms with Crippen molar-refractivity contribution in [1.29, 1.82) is 0 Å². The van der Waals surface area contributed by atoms with Gasteiger partial charge in [-0.2, -0.15) is 4.48 Å². The number of hydrogen-bond acceptors (Lipinski definition) is 11. The molecule has 0 saturated heterocycles. The number of anilines is 1. The summed E-state index contributed by atoms with van der Waals surface area (Å²) in [6, 6.07) is 22.5. The highest BCUT2D eigenvalue weighted by atomic mass is 16.6. The second-order valence-corrected chi connectivity index (χ2v) is 14.2. The van der Waals surface area contributed by atoms with Gasteiger partial charge in [0.15, 0.2) is 6.67 Å². The average Bonchev–Trinajstić information content (AvgIpc) is 3.55. The molecule has 16 heteroatoms. The normalized spacial score (nSPS) is 16.8. The predicted molar refractivity (Wildman–Crippen MR) is 211 cm³/mol. The number of non-ortho nitro benzene ring substituents is 1. The van der Waals surface area contributed by atoms with Crippen molar-refractivity contribution in [1.82, 2.24) is 15.1 Å². The number of nitrogens with one attached hydrogen (secondary N) is 2. The fourth-order valence-corrected chi connectivity index (χ4v) is 6.86. The number of aliphatic hydroxyl groups is 1. The first-order valence-electron chi connectivity index (χ1n) is 18.2. The van der Waals surface area contributed by atoms with E-state index in [1.54, 1.807) is 41.3 Å². The molecule has 1 unspecified atom stereocenters. The van der Waals surface area contributed by atoms with Crippen LogP contribution in [0.3, 0.4) is 0 Å². The number of nitrogens with two attached hydrogens (primary N) is 1. The lowest BCUT2D eigenvalue weighted by atomic mass is 10.0. The number of ether oxygens (including phenoxy) is 1. The minimum absolute atomic E-state index is 0.0834. The topological polar surface area (TPSA) is 220 Å². The van der Waals surface area contributed by atoms with Crippen molar-refractivity contribution in [2.24, 2.45) is 11.7 Å². The van der Waals surface area contributed by atoms with Gasteiger partial charge in [-0.05, 0) is 42.7 Å². The third-order valence-corrected chi connectivity index (χ3v) is 9.47. The monoisotopic (exact) mass is 768 g/mol. The second-order valence-electron chi connectivity index (χ2n) is 14.2. The van der Waals surface area contributed by atoms with Crippen molar-refractivity contribution in [3.8, 4) is 0 Å². The minimum Gasteiger partial charge on any atom is -0.445 e. The molecule has 0 bridgehead atoms. The van der Waals surface area contributed by atoms with Gasteiger partial charge in [-0.1, -0.05) is 80.6 Å². The summed E-state index contributed by atoms with van der Waals surface area (Å²) in [6.45, 7) is 5.10. The van der Waals surface area contributed by atoms with Crippen LogP contribution in [0.15, 0.2) is 103 Å². The van der Waals surface area contributed by atoms with Crippen LogP contribution in [0.2, 0.25) is 0 Å². The van der Waals surface area contributed by atoms with Gasteiger partial charge in [0.05, 0.1) is 27.3 Å². The van der Waals surface area contributed by atoms with E-state index in [1.807, 2.05) is 50.2 Å². The zero-order valence-electron chi connectivity index (χ0n) is 31.4. The lowest BCUT2D eigenvalue weighted by Crippen LogP contribution is -2.57. The number of amides is 3. The standard InChI is InChI=1S/C40H45N7O9/c1-26(2)20-32(48)18-19-42-38(49)34(43-40(51)56-24-28-10-5-4-6-11-28)21-31-23-47(39(50)27(3)41,37-17-16-30(45(52)53)22-36(37)46(54)55)25-44(31)35-15-9-13-29-12-7-8-14-33(29)35/h4-17,22-23,26-27,32,34,48H,18-21,24-25,41H2,1-3H3,(H-,42,43,49,51)/p+1/t27-,32-,34-,47?/m0/s1. The predicted octanol–water partition coefficient (Wildman–Crippen LogP) is 5.75. The maximum atomic E-state index is 14.4. The quantitative estimate of drug-likeness (QED) is 0.0610. The minimum atomic E-state index is -1.30. The van der Waals surface area contributed by atoms with Crippen LogP contribution >= 0.6 is 0 Å². The molecule has 5 rings (SSSR count).